The first-order valence-electron chi connectivity index (χ1n) is 11.3. The Morgan fingerprint density at radius 3 is 2.69 bits per heavy atom. The van der Waals surface area contributed by atoms with E-state index in [4.69, 9.17) is 4.74 Å². The number of carbonyl (C=O) groups is 1. The number of carbonyl (C=O) groups excluding carboxylic acids is 1. The molecule has 1 saturated carbocycles. The first-order valence-corrected chi connectivity index (χ1v) is 11.3. The predicted molar refractivity (Wildman–Crippen MR) is 125 cm³/mol. The van der Waals surface area contributed by atoms with E-state index >= 15 is 0 Å². The van der Waals surface area contributed by atoms with Crippen molar-refractivity contribution in [1.82, 2.24) is 10.2 Å². The molecule has 0 bridgehead atoms. The van der Waals surface area contributed by atoms with Gasteiger partial charge in [0.2, 0.25) is 0 Å². The third-order valence-corrected chi connectivity index (χ3v) is 6.94. The summed E-state index contributed by atoms with van der Waals surface area (Å²) in [4.78, 5) is 15.3. The SMILES string of the molecule is Cc1ccc(OCC2C[C@H](F)CN2C)cc1C(=O)NC1(c2cccc3ccccc23)CC1. The maximum atomic E-state index is 13.6. The molecule has 5 rings (SSSR count). The smallest absolute Gasteiger partial charge is 0.252 e. The second-order valence-corrected chi connectivity index (χ2v) is 9.28. The van der Waals surface area contributed by atoms with Crippen LogP contribution in [-0.4, -0.2) is 43.2 Å². The van der Waals surface area contributed by atoms with Crippen LogP contribution in [0.5, 0.6) is 5.75 Å². The Labute approximate surface area is 188 Å². The number of hydrogen-bond donors (Lipinski definition) is 1. The third kappa shape index (κ3) is 3.97. The normalized spacial score (nSPS) is 22.1. The molecule has 0 radical (unpaired) electrons. The van der Waals surface area contributed by atoms with Crippen LogP contribution in [0.15, 0.2) is 60.7 Å². The lowest BCUT2D eigenvalue weighted by Crippen LogP contribution is -2.35. The predicted octanol–water partition coefficient (Wildman–Crippen LogP) is 4.99. The number of aryl methyl sites for hydroxylation is 1. The molecule has 5 heteroatoms. The van der Waals surface area contributed by atoms with Gasteiger partial charge in [-0.25, -0.2) is 4.39 Å². The first-order chi connectivity index (χ1) is 15.4. The van der Waals surface area contributed by atoms with Crippen LogP contribution in [0.2, 0.25) is 0 Å². The molecule has 3 aromatic carbocycles. The van der Waals surface area contributed by atoms with E-state index in [1.165, 1.54) is 16.3 Å². The van der Waals surface area contributed by atoms with Crippen LogP contribution >= 0.6 is 0 Å². The molecular formula is C27H29FN2O2. The Morgan fingerprint density at radius 1 is 1.16 bits per heavy atom. The zero-order chi connectivity index (χ0) is 22.3. The number of alkyl halides is 1. The van der Waals surface area contributed by atoms with Crippen LogP contribution in [0.4, 0.5) is 4.39 Å². The highest BCUT2D eigenvalue weighted by Gasteiger charge is 2.46. The summed E-state index contributed by atoms with van der Waals surface area (Å²) in [7, 11) is 1.92. The van der Waals surface area contributed by atoms with Gasteiger partial charge >= 0.3 is 0 Å². The molecule has 3 aromatic rings. The maximum absolute atomic E-state index is 13.6. The van der Waals surface area contributed by atoms with Gasteiger partial charge in [0.15, 0.2) is 0 Å². The lowest BCUT2D eigenvalue weighted by Gasteiger charge is -2.22. The minimum Gasteiger partial charge on any atom is -0.492 e. The van der Waals surface area contributed by atoms with E-state index < -0.39 is 6.17 Å². The molecule has 1 unspecified atom stereocenters. The maximum Gasteiger partial charge on any atom is 0.252 e. The van der Waals surface area contributed by atoms with Gasteiger partial charge in [0.05, 0.1) is 5.54 Å². The van der Waals surface area contributed by atoms with E-state index in [-0.39, 0.29) is 17.5 Å². The van der Waals surface area contributed by atoms with E-state index in [1.54, 1.807) is 0 Å². The largest absolute Gasteiger partial charge is 0.492 e. The van der Waals surface area contributed by atoms with Gasteiger partial charge in [-0.05, 0) is 67.3 Å². The summed E-state index contributed by atoms with van der Waals surface area (Å²) in [5, 5.41) is 5.69. The molecule has 166 valence electrons. The fraction of sp³-hybridized carbons (Fsp3) is 0.370. The van der Waals surface area contributed by atoms with Crippen LogP contribution < -0.4 is 10.1 Å². The van der Waals surface area contributed by atoms with Crippen molar-refractivity contribution >= 4 is 16.7 Å². The Balaban J connectivity index is 1.34. The standard InChI is InChI=1S/C27H29FN2O2/c1-18-10-11-22(32-17-21-14-20(28)16-30(21)2)15-24(18)26(31)29-27(12-13-27)25-9-5-7-19-6-3-4-8-23(19)25/h3-11,15,20-21H,12-14,16-17H2,1-2H3,(H,29,31)/t20-,21?/m0/s1. The number of nitrogens with one attached hydrogen (secondary N) is 1. The highest BCUT2D eigenvalue weighted by molar-refractivity contribution is 5.97. The average molecular weight is 433 g/mol. The molecular weight excluding hydrogens is 403 g/mol. The van der Waals surface area contributed by atoms with Crippen molar-refractivity contribution in [2.24, 2.45) is 0 Å². The molecule has 2 aliphatic rings. The molecule has 32 heavy (non-hydrogen) atoms. The molecule has 1 N–H and O–H groups in total. The van der Waals surface area contributed by atoms with Crippen molar-refractivity contribution < 1.29 is 13.9 Å². The molecule has 4 nitrogen and oxygen atoms in total. The van der Waals surface area contributed by atoms with Crippen molar-refractivity contribution in [2.45, 2.75) is 43.9 Å². The van der Waals surface area contributed by atoms with Crippen LogP contribution in [0.3, 0.4) is 0 Å². The molecule has 1 aliphatic heterocycles. The van der Waals surface area contributed by atoms with E-state index in [2.05, 4.69) is 35.6 Å². The van der Waals surface area contributed by atoms with Gasteiger partial charge in [-0.15, -0.1) is 0 Å². The number of halogens is 1. The average Bonchev–Trinajstić information content (AvgIpc) is 3.49. The van der Waals surface area contributed by atoms with Crippen molar-refractivity contribution in [3.05, 3.63) is 77.4 Å². The van der Waals surface area contributed by atoms with Crippen LogP contribution in [0.1, 0.15) is 40.7 Å². The number of rotatable bonds is 6. The van der Waals surface area contributed by atoms with Crippen LogP contribution in [-0.2, 0) is 5.54 Å². The Hall–Kier alpha value is -2.92. The highest BCUT2D eigenvalue weighted by Crippen LogP contribution is 2.48. The summed E-state index contributed by atoms with van der Waals surface area (Å²) < 4.78 is 19.6. The lowest BCUT2D eigenvalue weighted by molar-refractivity contribution is 0.0930. The molecule has 1 saturated heterocycles. The molecule has 2 fully saturated rings. The number of amides is 1. The Kier molecular flexibility index (Phi) is 5.38. The zero-order valence-corrected chi connectivity index (χ0v) is 18.6. The highest BCUT2D eigenvalue weighted by atomic mass is 19.1. The molecule has 1 aliphatic carbocycles. The van der Waals surface area contributed by atoms with E-state index in [0.717, 1.165) is 18.4 Å². The summed E-state index contributed by atoms with van der Waals surface area (Å²) in [5.41, 5.74) is 2.39. The minimum absolute atomic E-state index is 0.0599. The van der Waals surface area contributed by atoms with Gasteiger partial charge in [0.25, 0.3) is 5.91 Å². The number of nitrogens with zero attached hydrogens (tertiary/aromatic N) is 1. The summed E-state index contributed by atoms with van der Waals surface area (Å²) in [5.74, 6) is 0.562. The first kappa shape index (κ1) is 21.0. The molecule has 2 atom stereocenters. The van der Waals surface area contributed by atoms with Crippen molar-refractivity contribution in [2.75, 3.05) is 20.2 Å². The Morgan fingerprint density at radius 2 is 1.94 bits per heavy atom. The van der Waals surface area contributed by atoms with Gasteiger partial charge in [0, 0.05) is 18.2 Å². The zero-order valence-electron chi connectivity index (χ0n) is 18.6. The van der Waals surface area contributed by atoms with Gasteiger partial charge in [-0.3, -0.25) is 9.69 Å². The van der Waals surface area contributed by atoms with E-state index in [1.807, 2.05) is 49.2 Å². The lowest BCUT2D eigenvalue weighted by atomic mass is 9.96. The van der Waals surface area contributed by atoms with E-state index in [9.17, 15) is 9.18 Å². The number of ether oxygens (including phenoxy) is 1. The minimum atomic E-state index is -0.795. The molecule has 1 amide bonds. The van der Waals surface area contributed by atoms with Crippen LogP contribution in [0.25, 0.3) is 10.8 Å². The topological polar surface area (TPSA) is 41.6 Å². The molecule has 1 heterocycles. The van der Waals surface area contributed by atoms with Crippen molar-refractivity contribution in [1.29, 1.82) is 0 Å². The summed E-state index contributed by atoms with van der Waals surface area (Å²) in [6.07, 6.45) is 1.56. The number of fused-ring (bicyclic) bond motifs is 1. The van der Waals surface area contributed by atoms with Gasteiger partial charge in [0.1, 0.15) is 18.5 Å². The van der Waals surface area contributed by atoms with Crippen molar-refractivity contribution in [3.8, 4) is 5.75 Å². The fourth-order valence-electron chi connectivity index (χ4n) is 4.85. The Bertz CT molecular complexity index is 1150. The van der Waals surface area contributed by atoms with Gasteiger partial charge < -0.3 is 10.1 Å². The number of hydrogen-bond acceptors (Lipinski definition) is 3. The van der Waals surface area contributed by atoms with Gasteiger partial charge in [-0.1, -0.05) is 48.5 Å². The third-order valence-electron chi connectivity index (χ3n) is 6.94. The fourth-order valence-corrected chi connectivity index (χ4v) is 4.85. The molecule has 0 aromatic heterocycles. The number of likely N-dealkylation sites (N-methyl/N-ethyl adjacent to an activating group) is 1. The quantitative estimate of drug-likeness (QED) is 0.597. The summed E-state index contributed by atoms with van der Waals surface area (Å²) in [6.45, 7) is 2.81. The monoisotopic (exact) mass is 432 g/mol. The van der Waals surface area contributed by atoms with E-state index in [0.29, 0.717) is 30.9 Å². The number of likely N-dealkylation sites (tertiary alicyclic amines) is 1. The summed E-state index contributed by atoms with van der Waals surface area (Å²) in [6, 6.07) is 20.3. The van der Waals surface area contributed by atoms with Crippen LogP contribution in [0, 0.1) is 6.92 Å². The second-order valence-electron chi connectivity index (χ2n) is 9.28. The van der Waals surface area contributed by atoms with Gasteiger partial charge in [-0.2, -0.15) is 0 Å². The number of benzene rings is 3. The summed E-state index contributed by atoms with van der Waals surface area (Å²) >= 11 is 0. The molecule has 0 spiro atoms. The second kappa shape index (κ2) is 8.21. The van der Waals surface area contributed by atoms with Crippen molar-refractivity contribution in [3.63, 3.8) is 0 Å².